The van der Waals surface area contributed by atoms with Crippen LogP contribution in [0.1, 0.15) is 27.2 Å². The van der Waals surface area contributed by atoms with Gasteiger partial charge in [-0.15, -0.1) is 0 Å². The summed E-state index contributed by atoms with van der Waals surface area (Å²) in [6.07, 6.45) is 3.85. The van der Waals surface area contributed by atoms with Crippen LogP contribution in [0.4, 0.5) is 0 Å². The molecule has 0 unspecified atom stereocenters. The van der Waals surface area contributed by atoms with Crippen LogP contribution in [-0.2, 0) is 6.54 Å². The van der Waals surface area contributed by atoms with Crippen LogP contribution in [0, 0.1) is 18.3 Å². The third kappa shape index (κ3) is 2.88. The normalized spacial score (nSPS) is 10.3. The van der Waals surface area contributed by atoms with Crippen molar-refractivity contribution < 1.29 is 4.79 Å². The smallest absolute Gasteiger partial charge is 0.274 e. The van der Waals surface area contributed by atoms with E-state index in [9.17, 15) is 9.59 Å². The topological polar surface area (TPSA) is 91.5 Å². The lowest BCUT2D eigenvalue weighted by molar-refractivity contribution is 0.112. The van der Waals surface area contributed by atoms with Crippen molar-refractivity contribution in [2.45, 2.75) is 13.5 Å². The number of aldehydes is 1. The van der Waals surface area contributed by atoms with E-state index in [0.29, 0.717) is 22.4 Å². The molecule has 0 bridgehead atoms. The summed E-state index contributed by atoms with van der Waals surface area (Å²) in [5, 5.41) is 11.9. The number of nitrogens with zero attached hydrogens (tertiary/aromatic N) is 3. The molecule has 0 spiro atoms. The molecule has 1 N–H and O–H groups in total. The summed E-state index contributed by atoms with van der Waals surface area (Å²) in [6.45, 7) is 2.15. The largest absolute Gasteiger partial charge is 0.302 e. The lowest BCUT2D eigenvalue weighted by Crippen LogP contribution is -2.19. The second-order valence-electron chi connectivity index (χ2n) is 5.42. The van der Waals surface area contributed by atoms with E-state index in [2.05, 4.69) is 16.2 Å². The van der Waals surface area contributed by atoms with Gasteiger partial charge in [-0.2, -0.15) is 5.26 Å². The summed E-state index contributed by atoms with van der Waals surface area (Å²) in [4.78, 5) is 27.4. The Morgan fingerprint density at radius 3 is 2.75 bits per heavy atom. The van der Waals surface area contributed by atoms with Gasteiger partial charge in [-0.25, -0.2) is 4.68 Å². The molecule has 24 heavy (non-hydrogen) atoms. The molecule has 1 aromatic carbocycles. The van der Waals surface area contributed by atoms with Crippen molar-refractivity contribution in [1.29, 1.82) is 5.26 Å². The van der Waals surface area contributed by atoms with Crippen molar-refractivity contribution in [3.05, 3.63) is 75.5 Å². The molecular weight excluding hydrogens is 304 g/mol. The molecule has 0 amide bonds. The maximum Gasteiger partial charge on any atom is 0.274 e. The molecule has 0 saturated carbocycles. The van der Waals surface area contributed by atoms with Crippen molar-refractivity contribution in [2.75, 3.05) is 0 Å². The van der Waals surface area contributed by atoms with Gasteiger partial charge in [-0.05, 0) is 42.3 Å². The molecule has 0 saturated heterocycles. The molecule has 2 heterocycles. The molecule has 0 aliphatic heterocycles. The summed E-state index contributed by atoms with van der Waals surface area (Å²) in [5.74, 6) is 0. The van der Waals surface area contributed by atoms with Gasteiger partial charge in [0.2, 0.25) is 0 Å². The third-order valence-corrected chi connectivity index (χ3v) is 3.79. The van der Waals surface area contributed by atoms with Gasteiger partial charge in [0.25, 0.3) is 5.56 Å². The number of aryl methyl sites for hydroxylation is 1. The molecule has 0 atom stereocenters. The van der Waals surface area contributed by atoms with Gasteiger partial charge in [-0.3, -0.25) is 14.6 Å². The minimum Gasteiger partial charge on any atom is -0.302 e. The van der Waals surface area contributed by atoms with Crippen LogP contribution in [0.15, 0.2) is 47.5 Å². The average Bonchev–Trinajstić information content (AvgIpc) is 2.96. The number of nitrogens with one attached hydrogen (secondary N) is 1. The van der Waals surface area contributed by atoms with E-state index in [1.807, 2.05) is 6.92 Å². The van der Waals surface area contributed by atoms with Gasteiger partial charge in [0.15, 0.2) is 6.29 Å². The SMILES string of the molecule is Cc1cc(C#N)ccc1-c1c[nH]n(Cc2ccc(C=O)cn2)c1=O. The molecule has 6 heteroatoms. The van der Waals surface area contributed by atoms with Crippen molar-refractivity contribution in [3.63, 3.8) is 0 Å². The predicted octanol–water partition coefficient (Wildman–Crippen LogP) is 2.28. The summed E-state index contributed by atoms with van der Waals surface area (Å²) in [5.41, 5.74) is 3.76. The predicted molar refractivity (Wildman–Crippen MR) is 88.7 cm³/mol. The Morgan fingerprint density at radius 1 is 1.29 bits per heavy atom. The average molecular weight is 318 g/mol. The third-order valence-electron chi connectivity index (χ3n) is 3.79. The quantitative estimate of drug-likeness (QED) is 0.747. The zero-order valence-corrected chi connectivity index (χ0v) is 13.0. The van der Waals surface area contributed by atoms with E-state index in [1.165, 1.54) is 10.9 Å². The van der Waals surface area contributed by atoms with Gasteiger partial charge in [0.05, 0.1) is 29.4 Å². The highest BCUT2D eigenvalue weighted by Crippen LogP contribution is 2.21. The first-order chi connectivity index (χ1) is 11.6. The van der Waals surface area contributed by atoms with E-state index >= 15 is 0 Å². The van der Waals surface area contributed by atoms with Gasteiger partial charge < -0.3 is 5.10 Å². The maximum absolute atomic E-state index is 12.6. The highest BCUT2D eigenvalue weighted by atomic mass is 16.1. The van der Waals surface area contributed by atoms with Gasteiger partial charge >= 0.3 is 0 Å². The fourth-order valence-electron chi connectivity index (χ4n) is 2.52. The van der Waals surface area contributed by atoms with Crippen molar-refractivity contribution in [2.24, 2.45) is 0 Å². The van der Waals surface area contributed by atoms with Gasteiger partial charge in [-0.1, -0.05) is 6.07 Å². The highest BCUT2D eigenvalue weighted by molar-refractivity contribution is 5.73. The molecular formula is C18H14N4O2. The monoisotopic (exact) mass is 318 g/mol. The number of H-pyrrole nitrogens is 1. The minimum atomic E-state index is -0.163. The van der Waals surface area contributed by atoms with E-state index in [-0.39, 0.29) is 12.1 Å². The number of hydrogen-bond acceptors (Lipinski definition) is 4. The Hall–Kier alpha value is -3.46. The Labute approximate surface area is 138 Å². The van der Waals surface area contributed by atoms with Crippen molar-refractivity contribution >= 4 is 6.29 Å². The number of carbonyl (C=O) groups is 1. The summed E-state index contributed by atoms with van der Waals surface area (Å²) < 4.78 is 1.45. The van der Waals surface area contributed by atoms with Gasteiger partial charge in [0, 0.05) is 18.0 Å². The molecule has 0 aliphatic rings. The second kappa shape index (κ2) is 6.34. The molecule has 0 fully saturated rings. The lowest BCUT2D eigenvalue weighted by atomic mass is 10.0. The molecule has 3 rings (SSSR count). The standard InChI is InChI=1S/C18H14N4O2/c1-12-6-13(7-19)3-5-16(12)17-9-21-22(18(17)24)10-15-4-2-14(11-23)8-20-15/h2-6,8-9,11,21H,10H2,1H3. The van der Waals surface area contributed by atoms with Crippen LogP contribution >= 0.6 is 0 Å². The van der Waals surface area contributed by atoms with E-state index in [1.54, 1.807) is 36.5 Å². The Morgan fingerprint density at radius 2 is 2.12 bits per heavy atom. The number of carbonyl (C=O) groups excluding carboxylic acids is 1. The molecule has 0 radical (unpaired) electrons. The van der Waals surface area contributed by atoms with Crippen LogP contribution < -0.4 is 5.56 Å². The number of aromatic nitrogens is 3. The van der Waals surface area contributed by atoms with Crippen LogP contribution in [-0.4, -0.2) is 21.1 Å². The number of benzene rings is 1. The van der Waals surface area contributed by atoms with Crippen LogP contribution in [0.25, 0.3) is 11.1 Å². The molecule has 6 nitrogen and oxygen atoms in total. The Bertz CT molecular complexity index is 991. The van der Waals surface area contributed by atoms with Crippen molar-refractivity contribution in [1.82, 2.24) is 14.8 Å². The first-order valence-corrected chi connectivity index (χ1v) is 7.32. The zero-order chi connectivity index (χ0) is 17.1. The summed E-state index contributed by atoms with van der Waals surface area (Å²) in [7, 11) is 0. The number of pyridine rings is 1. The molecule has 0 aliphatic carbocycles. The first kappa shape index (κ1) is 15.4. The number of nitriles is 1. The van der Waals surface area contributed by atoms with E-state index in [4.69, 9.17) is 5.26 Å². The maximum atomic E-state index is 12.6. The van der Waals surface area contributed by atoms with Crippen molar-refractivity contribution in [3.8, 4) is 17.2 Å². The molecule has 3 aromatic rings. The first-order valence-electron chi connectivity index (χ1n) is 7.32. The fraction of sp³-hybridized carbons (Fsp3) is 0.111. The number of aromatic amines is 1. The number of rotatable bonds is 4. The molecule has 2 aromatic heterocycles. The zero-order valence-electron chi connectivity index (χ0n) is 13.0. The van der Waals surface area contributed by atoms with Crippen LogP contribution in [0.5, 0.6) is 0 Å². The van der Waals surface area contributed by atoms with Gasteiger partial charge in [0.1, 0.15) is 0 Å². The van der Waals surface area contributed by atoms with E-state index < -0.39 is 0 Å². The lowest BCUT2D eigenvalue weighted by Gasteiger charge is -2.03. The Balaban J connectivity index is 1.92. The molecule has 118 valence electrons. The Kier molecular flexibility index (Phi) is 4.08. The van der Waals surface area contributed by atoms with E-state index in [0.717, 1.165) is 17.4 Å². The van der Waals surface area contributed by atoms with Crippen LogP contribution in [0.3, 0.4) is 0 Å². The minimum absolute atomic E-state index is 0.163. The second-order valence-corrected chi connectivity index (χ2v) is 5.42. The highest BCUT2D eigenvalue weighted by Gasteiger charge is 2.12. The fourth-order valence-corrected chi connectivity index (χ4v) is 2.52. The van der Waals surface area contributed by atoms with Crippen LogP contribution in [0.2, 0.25) is 0 Å². The summed E-state index contributed by atoms with van der Waals surface area (Å²) in [6, 6.07) is 10.7. The number of hydrogen-bond donors (Lipinski definition) is 1. The summed E-state index contributed by atoms with van der Waals surface area (Å²) >= 11 is 0.